The van der Waals surface area contributed by atoms with E-state index in [0.29, 0.717) is 12.5 Å². The summed E-state index contributed by atoms with van der Waals surface area (Å²) in [5.74, 6) is 0.442. The fraction of sp³-hybridized carbons (Fsp3) is 0.267. The van der Waals surface area contributed by atoms with E-state index < -0.39 is 0 Å². The molecule has 0 unspecified atom stereocenters. The van der Waals surface area contributed by atoms with Gasteiger partial charge in [-0.05, 0) is 36.2 Å². The van der Waals surface area contributed by atoms with Crippen molar-refractivity contribution >= 4 is 34.6 Å². The lowest BCUT2D eigenvalue weighted by Gasteiger charge is -2.06. The number of thiophene rings is 1. The van der Waals surface area contributed by atoms with Crippen molar-refractivity contribution in [1.82, 2.24) is 0 Å². The minimum Gasteiger partial charge on any atom is -0.370 e. The summed E-state index contributed by atoms with van der Waals surface area (Å²) in [5.41, 5.74) is 8.13. The minimum atomic E-state index is 0.442. The number of aryl methyl sites for hydroxylation is 1. The number of hydrogen-bond donors (Lipinski definition) is 2. The molecule has 1 heterocycles. The van der Waals surface area contributed by atoms with E-state index in [9.17, 15) is 0 Å². The molecule has 0 aliphatic heterocycles. The van der Waals surface area contributed by atoms with E-state index >= 15 is 0 Å². The largest absolute Gasteiger partial charge is 0.370 e. The Labute approximate surface area is 128 Å². The van der Waals surface area contributed by atoms with Crippen LogP contribution < -0.4 is 11.1 Å². The molecule has 2 aromatic rings. The summed E-state index contributed by atoms with van der Waals surface area (Å²) >= 11 is 7.46. The average molecular weight is 308 g/mol. The Morgan fingerprint density at radius 2 is 2.00 bits per heavy atom. The second-order valence-corrected chi connectivity index (χ2v) is 6.20. The van der Waals surface area contributed by atoms with Crippen molar-refractivity contribution in [3.63, 3.8) is 0 Å². The first-order valence-electron chi connectivity index (χ1n) is 6.57. The maximum absolute atomic E-state index is 5.88. The van der Waals surface area contributed by atoms with Gasteiger partial charge in [0.2, 0.25) is 0 Å². The molecule has 2 rings (SSSR count). The smallest absolute Gasteiger partial charge is 0.193 e. The van der Waals surface area contributed by atoms with Gasteiger partial charge in [-0.25, -0.2) is 0 Å². The van der Waals surface area contributed by atoms with Crippen LogP contribution in [-0.4, -0.2) is 12.5 Å². The Bertz CT molecular complexity index is 575. The van der Waals surface area contributed by atoms with E-state index in [-0.39, 0.29) is 0 Å². The number of guanidine groups is 1. The molecule has 0 atom stereocenters. The minimum absolute atomic E-state index is 0.442. The van der Waals surface area contributed by atoms with Crippen molar-refractivity contribution in [1.29, 1.82) is 0 Å². The van der Waals surface area contributed by atoms with Crippen molar-refractivity contribution in [2.24, 2.45) is 10.7 Å². The Hall–Kier alpha value is -1.52. The molecule has 106 valence electrons. The zero-order chi connectivity index (χ0) is 14.4. The lowest BCUT2D eigenvalue weighted by atomic mass is 10.1. The van der Waals surface area contributed by atoms with E-state index in [0.717, 1.165) is 22.9 Å². The predicted octanol–water partition coefficient (Wildman–Crippen LogP) is 3.93. The zero-order valence-electron chi connectivity index (χ0n) is 11.4. The van der Waals surface area contributed by atoms with Crippen LogP contribution in [0.5, 0.6) is 0 Å². The van der Waals surface area contributed by atoms with E-state index in [1.54, 1.807) is 11.3 Å². The van der Waals surface area contributed by atoms with Crippen molar-refractivity contribution < 1.29 is 0 Å². The second kappa shape index (κ2) is 7.31. The number of benzene rings is 1. The predicted molar refractivity (Wildman–Crippen MR) is 89.0 cm³/mol. The number of nitrogens with two attached hydrogens (primary N) is 1. The highest BCUT2D eigenvalue weighted by atomic mass is 35.5. The molecule has 0 radical (unpaired) electrons. The van der Waals surface area contributed by atoms with Gasteiger partial charge < -0.3 is 11.1 Å². The highest BCUT2D eigenvalue weighted by Gasteiger charge is 1.98. The van der Waals surface area contributed by atoms with Gasteiger partial charge in [-0.2, -0.15) is 0 Å². The van der Waals surface area contributed by atoms with Gasteiger partial charge in [0.15, 0.2) is 5.96 Å². The number of rotatable bonds is 5. The van der Waals surface area contributed by atoms with Crippen LogP contribution in [-0.2, 0) is 12.8 Å². The van der Waals surface area contributed by atoms with Gasteiger partial charge in [0.05, 0.1) is 4.34 Å². The van der Waals surface area contributed by atoms with Gasteiger partial charge in [-0.15, -0.1) is 11.3 Å². The number of aliphatic imine (C=N–C) groups is 1. The first-order chi connectivity index (χ1) is 9.67. The van der Waals surface area contributed by atoms with Crippen molar-refractivity contribution in [3.8, 4) is 0 Å². The Morgan fingerprint density at radius 3 is 2.60 bits per heavy atom. The number of nitrogens with zero attached hydrogens (tertiary/aromatic N) is 1. The van der Waals surface area contributed by atoms with Crippen molar-refractivity contribution in [2.75, 3.05) is 11.9 Å². The van der Waals surface area contributed by atoms with Gasteiger partial charge in [0, 0.05) is 23.5 Å². The standard InChI is InChI=1S/C15H18ClN3S/c1-2-11-3-5-12(6-4-11)19-15(17)18-10-9-13-7-8-14(16)20-13/h3-8H,2,9-10H2,1H3,(H3,17,18,19). The van der Waals surface area contributed by atoms with Crippen LogP contribution in [0.2, 0.25) is 4.34 Å². The van der Waals surface area contributed by atoms with Crippen LogP contribution in [0, 0.1) is 0 Å². The van der Waals surface area contributed by atoms with Crippen LogP contribution in [0.1, 0.15) is 17.4 Å². The van der Waals surface area contributed by atoms with Gasteiger partial charge in [-0.3, -0.25) is 4.99 Å². The molecule has 0 bridgehead atoms. The fourth-order valence-corrected chi connectivity index (χ4v) is 2.86. The topological polar surface area (TPSA) is 50.4 Å². The molecular formula is C15H18ClN3S. The highest BCUT2D eigenvalue weighted by molar-refractivity contribution is 7.16. The van der Waals surface area contributed by atoms with Gasteiger partial charge in [0.25, 0.3) is 0 Å². The van der Waals surface area contributed by atoms with Gasteiger partial charge in [-0.1, -0.05) is 30.7 Å². The third kappa shape index (κ3) is 4.54. The summed E-state index contributed by atoms with van der Waals surface area (Å²) in [4.78, 5) is 5.53. The SMILES string of the molecule is CCc1ccc(NC(N)=NCCc2ccc(Cl)s2)cc1. The number of anilines is 1. The molecule has 5 heteroatoms. The molecule has 0 aliphatic rings. The third-order valence-electron chi connectivity index (χ3n) is 2.90. The summed E-state index contributed by atoms with van der Waals surface area (Å²) in [7, 11) is 0. The summed E-state index contributed by atoms with van der Waals surface area (Å²) in [6.45, 7) is 2.79. The molecule has 1 aromatic heterocycles. The Morgan fingerprint density at radius 1 is 1.25 bits per heavy atom. The van der Waals surface area contributed by atoms with E-state index in [1.807, 2.05) is 24.3 Å². The lowest BCUT2D eigenvalue weighted by Crippen LogP contribution is -2.23. The first kappa shape index (κ1) is 14.9. The van der Waals surface area contributed by atoms with Crippen LogP contribution in [0.3, 0.4) is 0 Å². The van der Waals surface area contributed by atoms with Crippen LogP contribution in [0.15, 0.2) is 41.4 Å². The Kier molecular flexibility index (Phi) is 5.44. The molecule has 1 aromatic carbocycles. The fourth-order valence-electron chi connectivity index (χ4n) is 1.78. The monoisotopic (exact) mass is 307 g/mol. The summed E-state index contributed by atoms with van der Waals surface area (Å²) in [5, 5.41) is 3.09. The van der Waals surface area contributed by atoms with Crippen LogP contribution >= 0.6 is 22.9 Å². The summed E-state index contributed by atoms with van der Waals surface area (Å²) in [6.07, 6.45) is 1.89. The second-order valence-electron chi connectivity index (χ2n) is 4.40. The molecule has 0 aliphatic carbocycles. The third-order valence-corrected chi connectivity index (χ3v) is 4.19. The number of nitrogens with one attached hydrogen (secondary N) is 1. The normalized spacial score (nSPS) is 11.6. The molecule has 3 N–H and O–H groups in total. The molecule has 0 spiro atoms. The molecule has 3 nitrogen and oxygen atoms in total. The maximum atomic E-state index is 5.88. The summed E-state index contributed by atoms with van der Waals surface area (Å²) in [6, 6.07) is 12.1. The van der Waals surface area contributed by atoms with E-state index in [2.05, 4.69) is 29.4 Å². The molecule has 0 saturated heterocycles. The zero-order valence-corrected chi connectivity index (χ0v) is 13.0. The van der Waals surface area contributed by atoms with Gasteiger partial charge >= 0.3 is 0 Å². The number of halogens is 1. The maximum Gasteiger partial charge on any atom is 0.193 e. The van der Waals surface area contributed by atoms with Crippen molar-refractivity contribution in [2.45, 2.75) is 19.8 Å². The average Bonchev–Trinajstić information content (AvgIpc) is 2.85. The summed E-state index contributed by atoms with van der Waals surface area (Å²) < 4.78 is 0.811. The lowest BCUT2D eigenvalue weighted by molar-refractivity contribution is 0.983. The molecular weight excluding hydrogens is 290 g/mol. The molecule has 0 fully saturated rings. The molecule has 20 heavy (non-hydrogen) atoms. The molecule has 0 amide bonds. The Balaban J connectivity index is 1.83. The van der Waals surface area contributed by atoms with Crippen molar-refractivity contribution in [3.05, 3.63) is 51.2 Å². The molecule has 0 saturated carbocycles. The number of hydrogen-bond acceptors (Lipinski definition) is 2. The van der Waals surface area contributed by atoms with E-state index in [4.69, 9.17) is 17.3 Å². The van der Waals surface area contributed by atoms with Crippen LogP contribution in [0.4, 0.5) is 5.69 Å². The van der Waals surface area contributed by atoms with Gasteiger partial charge in [0.1, 0.15) is 0 Å². The quantitative estimate of drug-likeness (QED) is 0.649. The van der Waals surface area contributed by atoms with E-state index in [1.165, 1.54) is 10.4 Å². The highest BCUT2D eigenvalue weighted by Crippen LogP contribution is 2.21. The first-order valence-corrected chi connectivity index (χ1v) is 7.77. The van der Waals surface area contributed by atoms with Crippen LogP contribution in [0.25, 0.3) is 0 Å².